The molecule has 34 heavy (non-hydrogen) atoms. The van der Waals surface area contributed by atoms with E-state index in [1.807, 2.05) is 12.1 Å². The van der Waals surface area contributed by atoms with Gasteiger partial charge in [0, 0.05) is 55.7 Å². The number of halogens is 1. The first-order chi connectivity index (χ1) is 16.4. The Bertz CT molecular complexity index is 1120. The highest BCUT2D eigenvalue weighted by atomic mass is 35.5. The van der Waals surface area contributed by atoms with Gasteiger partial charge in [0.2, 0.25) is 5.91 Å². The summed E-state index contributed by atoms with van der Waals surface area (Å²) in [6, 6.07) is 5.96. The number of carbonyl (C=O) groups excluding carboxylic acids is 1. The minimum Gasteiger partial charge on any atom is -0.389 e. The Hall–Kier alpha value is -1.97. The number of ether oxygens (including phenoxy) is 2. The van der Waals surface area contributed by atoms with Crippen LogP contribution in [0, 0.1) is 11.3 Å². The molecular formula is C25H31ClN4O4. The third kappa shape index (κ3) is 3.76. The summed E-state index contributed by atoms with van der Waals surface area (Å²) in [7, 11) is 0. The molecule has 3 aliphatic heterocycles. The fourth-order valence-electron chi connectivity index (χ4n) is 5.87. The Balaban J connectivity index is 1.16. The van der Waals surface area contributed by atoms with Crippen molar-refractivity contribution in [2.45, 2.75) is 31.4 Å². The van der Waals surface area contributed by atoms with Crippen LogP contribution in [0.4, 0.5) is 11.5 Å². The number of aliphatic hydroxyl groups is 1. The van der Waals surface area contributed by atoms with Crippen LogP contribution in [0.15, 0.2) is 24.4 Å². The Labute approximate surface area is 204 Å². The molecule has 182 valence electrons. The van der Waals surface area contributed by atoms with Crippen LogP contribution in [0.2, 0.25) is 5.02 Å². The summed E-state index contributed by atoms with van der Waals surface area (Å²) in [5.41, 5.74) is 0.708. The first-order valence-electron chi connectivity index (χ1n) is 12.1. The van der Waals surface area contributed by atoms with Crippen molar-refractivity contribution in [2.24, 2.45) is 11.3 Å². The van der Waals surface area contributed by atoms with Gasteiger partial charge in [-0.15, -0.1) is 0 Å². The van der Waals surface area contributed by atoms with Gasteiger partial charge in [-0.1, -0.05) is 11.6 Å². The van der Waals surface area contributed by atoms with E-state index in [-0.39, 0.29) is 22.8 Å². The summed E-state index contributed by atoms with van der Waals surface area (Å²) in [6.07, 6.45) is 3.18. The van der Waals surface area contributed by atoms with Crippen molar-refractivity contribution in [3.63, 3.8) is 0 Å². The van der Waals surface area contributed by atoms with E-state index < -0.39 is 6.10 Å². The van der Waals surface area contributed by atoms with Gasteiger partial charge in [0.05, 0.1) is 42.2 Å². The third-order valence-corrected chi connectivity index (χ3v) is 8.71. The van der Waals surface area contributed by atoms with E-state index in [4.69, 9.17) is 21.1 Å². The highest BCUT2D eigenvalue weighted by Gasteiger charge is 2.59. The molecule has 1 aliphatic carbocycles. The van der Waals surface area contributed by atoms with Crippen LogP contribution in [0.1, 0.15) is 19.8 Å². The Kier molecular flexibility index (Phi) is 5.50. The SMILES string of the molecule is C[C@@]1(N2CCN(c3cc4cc(NC(=O)[C@@H]5CC56CCOC6)ncc4cc3Cl)CC2)COC[C@@H]1O. The maximum Gasteiger partial charge on any atom is 0.229 e. The first-order valence-corrected chi connectivity index (χ1v) is 12.5. The minimum absolute atomic E-state index is 0.0233. The van der Waals surface area contributed by atoms with Gasteiger partial charge in [0.1, 0.15) is 5.82 Å². The fourth-order valence-corrected chi connectivity index (χ4v) is 6.16. The average Bonchev–Trinajstić information content (AvgIpc) is 3.14. The third-order valence-electron chi connectivity index (χ3n) is 8.41. The zero-order valence-corrected chi connectivity index (χ0v) is 20.2. The number of hydrogen-bond acceptors (Lipinski definition) is 7. The second-order valence-electron chi connectivity index (χ2n) is 10.5. The van der Waals surface area contributed by atoms with Gasteiger partial charge < -0.3 is 24.8 Å². The molecule has 4 aliphatic rings. The number of rotatable bonds is 4. The van der Waals surface area contributed by atoms with Gasteiger partial charge in [-0.05, 0) is 43.4 Å². The van der Waals surface area contributed by atoms with Gasteiger partial charge in [0.15, 0.2) is 0 Å². The summed E-state index contributed by atoms with van der Waals surface area (Å²) in [5.74, 6) is 0.629. The van der Waals surface area contributed by atoms with Crippen molar-refractivity contribution < 1.29 is 19.4 Å². The summed E-state index contributed by atoms with van der Waals surface area (Å²) < 4.78 is 11.0. The molecule has 1 saturated carbocycles. The van der Waals surface area contributed by atoms with Crippen molar-refractivity contribution in [2.75, 3.05) is 62.8 Å². The van der Waals surface area contributed by atoms with E-state index in [2.05, 4.69) is 33.1 Å². The van der Waals surface area contributed by atoms with E-state index in [9.17, 15) is 9.90 Å². The van der Waals surface area contributed by atoms with E-state index in [0.717, 1.165) is 62.1 Å². The molecule has 2 N–H and O–H groups in total. The van der Waals surface area contributed by atoms with Gasteiger partial charge >= 0.3 is 0 Å². The predicted molar refractivity (Wildman–Crippen MR) is 130 cm³/mol. The van der Waals surface area contributed by atoms with Gasteiger partial charge in [-0.3, -0.25) is 9.69 Å². The largest absolute Gasteiger partial charge is 0.389 e. The molecule has 1 spiro atoms. The van der Waals surface area contributed by atoms with Gasteiger partial charge in [-0.25, -0.2) is 4.98 Å². The van der Waals surface area contributed by atoms with Crippen molar-refractivity contribution in [3.05, 3.63) is 29.4 Å². The Morgan fingerprint density at radius 1 is 1.18 bits per heavy atom. The average molecular weight is 487 g/mol. The lowest BCUT2D eigenvalue weighted by atomic mass is 9.95. The zero-order chi connectivity index (χ0) is 23.5. The molecule has 3 saturated heterocycles. The van der Waals surface area contributed by atoms with Gasteiger partial charge in [-0.2, -0.15) is 0 Å². The molecule has 9 heteroatoms. The number of nitrogens with zero attached hydrogens (tertiary/aromatic N) is 3. The molecular weight excluding hydrogens is 456 g/mol. The molecule has 1 amide bonds. The molecule has 6 rings (SSSR count). The predicted octanol–water partition coefficient (Wildman–Crippen LogP) is 2.53. The number of hydrogen-bond donors (Lipinski definition) is 2. The van der Waals surface area contributed by atoms with Crippen LogP contribution in [-0.2, 0) is 14.3 Å². The molecule has 1 aromatic carbocycles. The second-order valence-corrected chi connectivity index (χ2v) is 10.9. The van der Waals surface area contributed by atoms with Crippen LogP contribution < -0.4 is 10.2 Å². The lowest BCUT2D eigenvalue weighted by molar-refractivity contribution is -0.118. The maximum absolute atomic E-state index is 12.8. The molecule has 2 aromatic rings. The number of benzene rings is 1. The van der Waals surface area contributed by atoms with Crippen molar-refractivity contribution >= 4 is 39.8 Å². The molecule has 0 bridgehead atoms. The second kappa shape index (κ2) is 8.31. The maximum atomic E-state index is 12.8. The Morgan fingerprint density at radius 3 is 2.71 bits per heavy atom. The fraction of sp³-hybridized carbons (Fsp3) is 0.600. The van der Waals surface area contributed by atoms with E-state index in [1.54, 1.807) is 6.20 Å². The number of pyridine rings is 1. The van der Waals surface area contributed by atoms with E-state index in [1.165, 1.54) is 0 Å². The highest BCUT2D eigenvalue weighted by Crippen LogP contribution is 2.58. The number of amides is 1. The lowest BCUT2D eigenvalue weighted by Crippen LogP contribution is -2.60. The quantitative estimate of drug-likeness (QED) is 0.686. The number of nitrogens with one attached hydrogen (secondary N) is 1. The van der Waals surface area contributed by atoms with Crippen LogP contribution in [0.5, 0.6) is 0 Å². The summed E-state index contributed by atoms with van der Waals surface area (Å²) in [6.45, 7) is 7.76. The Morgan fingerprint density at radius 2 is 2.00 bits per heavy atom. The first kappa shape index (κ1) is 22.5. The van der Waals surface area contributed by atoms with Crippen LogP contribution in [-0.4, -0.2) is 85.1 Å². The number of anilines is 2. The number of fused-ring (bicyclic) bond motifs is 1. The number of piperazine rings is 1. The van der Waals surface area contributed by atoms with Crippen molar-refractivity contribution in [1.29, 1.82) is 0 Å². The smallest absolute Gasteiger partial charge is 0.229 e. The van der Waals surface area contributed by atoms with Crippen LogP contribution in [0.3, 0.4) is 0 Å². The monoisotopic (exact) mass is 486 g/mol. The molecule has 4 atom stereocenters. The van der Waals surface area contributed by atoms with E-state index in [0.29, 0.717) is 30.7 Å². The highest BCUT2D eigenvalue weighted by molar-refractivity contribution is 6.34. The molecule has 4 fully saturated rings. The molecule has 8 nitrogen and oxygen atoms in total. The summed E-state index contributed by atoms with van der Waals surface area (Å²) in [5, 5.41) is 16.0. The number of carbonyl (C=O) groups is 1. The van der Waals surface area contributed by atoms with Crippen LogP contribution in [0.25, 0.3) is 10.8 Å². The number of aromatic nitrogens is 1. The van der Waals surface area contributed by atoms with Gasteiger partial charge in [0.25, 0.3) is 0 Å². The zero-order valence-electron chi connectivity index (χ0n) is 19.4. The standard InChI is InChI=1S/C25H31ClN4O4/c1-24(14-34-13-21(24)31)30-5-3-29(4-6-30)20-9-16-10-22(27-12-17(16)8-19(20)26)28-23(32)18-11-25(18)2-7-33-15-25/h8-10,12,18,21,31H,2-7,11,13-15H2,1H3,(H,27,28,32)/t18-,21-,24+,25?/m0/s1. The topological polar surface area (TPSA) is 87.2 Å². The normalized spacial score (nSPS) is 33.7. The lowest BCUT2D eigenvalue weighted by Gasteiger charge is -2.45. The van der Waals surface area contributed by atoms with E-state index >= 15 is 0 Å². The molecule has 0 radical (unpaired) electrons. The van der Waals surface area contributed by atoms with Crippen molar-refractivity contribution in [3.8, 4) is 0 Å². The summed E-state index contributed by atoms with van der Waals surface area (Å²) in [4.78, 5) is 21.8. The van der Waals surface area contributed by atoms with Crippen molar-refractivity contribution in [1.82, 2.24) is 9.88 Å². The molecule has 1 aromatic heterocycles. The summed E-state index contributed by atoms with van der Waals surface area (Å²) >= 11 is 6.67. The minimum atomic E-state index is -0.462. The number of aliphatic hydroxyl groups excluding tert-OH is 1. The molecule has 4 heterocycles. The van der Waals surface area contributed by atoms with Crippen LogP contribution >= 0.6 is 11.6 Å². The molecule has 1 unspecified atom stereocenters.